The second-order valence-electron chi connectivity index (χ2n) is 5.69. The van der Waals surface area contributed by atoms with Gasteiger partial charge in [0, 0.05) is 12.1 Å². The molecule has 1 aliphatic rings. The van der Waals surface area contributed by atoms with Crippen LogP contribution in [0.2, 0.25) is 5.02 Å². The molecule has 1 unspecified atom stereocenters. The molecule has 1 fully saturated rings. The van der Waals surface area contributed by atoms with Crippen molar-refractivity contribution in [2.24, 2.45) is 0 Å². The highest BCUT2D eigenvalue weighted by atomic mass is 35.5. The van der Waals surface area contributed by atoms with E-state index in [4.69, 9.17) is 11.6 Å². The molecule has 3 nitrogen and oxygen atoms in total. The Hall–Kier alpha value is -1.48. The lowest BCUT2D eigenvalue weighted by molar-refractivity contribution is 0.172. The standard InChI is InChI=1S/C15H19ClN2O/c1-5-11-10-17(15(2,3)4)14(19)18(11)13-9-7-6-8-12(13)16/h5-9,11H,1,10H2,2-4H3. The Balaban J connectivity index is 2.42. The molecule has 1 heterocycles. The number of amides is 2. The van der Waals surface area contributed by atoms with Crippen molar-refractivity contribution in [1.29, 1.82) is 0 Å². The van der Waals surface area contributed by atoms with Crippen LogP contribution in [0.15, 0.2) is 36.9 Å². The van der Waals surface area contributed by atoms with Crippen LogP contribution in [0.5, 0.6) is 0 Å². The third kappa shape index (κ3) is 2.47. The van der Waals surface area contributed by atoms with Crippen LogP contribution in [0.25, 0.3) is 0 Å². The predicted octanol–water partition coefficient (Wildman–Crippen LogP) is 3.94. The van der Waals surface area contributed by atoms with E-state index in [2.05, 4.69) is 6.58 Å². The van der Waals surface area contributed by atoms with Gasteiger partial charge >= 0.3 is 6.03 Å². The van der Waals surface area contributed by atoms with Gasteiger partial charge in [0.2, 0.25) is 0 Å². The second-order valence-corrected chi connectivity index (χ2v) is 6.10. The van der Waals surface area contributed by atoms with Crippen LogP contribution in [0, 0.1) is 0 Å². The maximum atomic E-state index is 12.6. The van der Waals surface area contributed by atoms with E-state index in [0.717, 1.165) is 5.69 Å². The molecule has 2 rings (SSSR count). The molecule has 0 aliphatic carbocycles. The molecule has 1 aromatic rings. The number of benzene rings is 1. The molecule has 19 heavy (non-hydrogen) atoms. The van der Waals surface area contributed by atoms with Crippen LogP contribution in [-0.4, -0.2) is 29.1 Å². The molecule has 0 saturated carbocycles. The number of para-hydroxylation sites is 1. The minimum atomic E-state index is -0.214. The van der Waals surface area contributed by atoms with E-state index < -0.39 is 0 Å². The lowest BCUT2D eigenvalue weighted by Crippen LogP contribution is -2.44. The molecule has 4 heteroatoms. The summed E-state index contributed by atoms with van der Waals surface area (Å²) < 4.78 is 0. The SMILES string of the molecule is C=CC1CN(C(C)(C)C)C(=O)N1c1ccccc1Cl. The van der Waals surface area contributed by atoms with Crippen molar-refractivity contribution < 1.29 is 4.79 Å². The van der Waals surface area contributed by atoms with Gasteiger partial charge in [-0.2, -0.15) is 0 Å². The molecule has 1 aromatic carbocycles. The van der Waals surface area contributed by atoms with Crippen LogP contribution >= 0.6 is 11.6 Å². The van der Waals surface area contributed by atoms with Gasteiger partial charge in [0.05, 0.1) is 16.8 Å². The van der Waals surface area contributed by atoms with Crippen molar-refractivity contribution in [1.82, 2.24) is 4.90 Å². The summed E-state index contributed by atoms with van der Waals surface area (Å²) in [7, 11) is 0. The number of anilines is 1. The Labute approximate surface area is 119 Å². The Morgan fingerprint density at radius 1 is 1.37 bits per heavy atom. The first-order chi connectivity index (χ1) is 8.86. The van der Waals surface area contributed by atoms with Crippen molar-refractivity contribution in [3.63, 3.8) is 0 Å². The molecule has 2 amide bonds. The van der Waals surface area contributed by atoms with Gasteiger partial charge in [-0.1, -0.05) is 29.8 Å². The van der Waals surface area contributed by atoms with Crippen LogP contribution in [0.4, 0.5) is 10.5 Å². The average Bonchev–Trinajstić information content (AvgIpc) is 2.67. The number of urea groups is 1. The molecule has 0 radical (unpaired) electrons. The van der Waals surface area contributed by atoms with E-state index in [0.29, 0.717) is 11.6 Å². The van der Waals surface area contributed by atoms with Crippen molar-refractivity contribution in [3.05, 3.63) is 41.9 Å². The molecule has 1 atom stereocenters. The summed E-state index contributed by atoms with van der Waals surface area (Å²) in [5.41, 5.74) is 0.528. The number of halogens is 1. The van der Waals surface area contributed by atoms with Crippen LogP contribution in [-0.2, 0) is 0 Å². The number of carbonyl (C=O) groups is 1. The lowest BCUT2D eigenvalue weighted by atomic mass is 10.1. The topological polar surface area (TPSA) is 23.6 Å². The van der Waals surface area contributed by atoms with E-state index in [1.165, 1.54) is 0 Å². The fourth-order valence-corrected chi connectivity index (χ4v) is 2.52. The Bertz CT molecular complexity index is 507. The van der Waals surface area contributed by atoms with Gasteiger partial charge in [-0.3, -0.25) is 4.90 Å². The average molecular weight is 279 g/mol. The Morgan fingerprint density at radius 3 is 2.53 bits per heavy atom. The summed E-state index contributed by atoms with van der Waals surface area (Å²) in [5.74, 6) is 0. The van der Waals surface area contributed by atoms with Gasteiger partial charge in [0.25, 0.3) is 0 Å². The molecule has 0 aromatic heterocycles. The van der Waals surface area contributed by atoms with Crippen LogP contribution in [0.1, 0.15) is 20.8 Å². The van der Waals surface area contributed by atoms with Gasteiger partial charge < -0.3 is 4.90 Å². The highest BCUT2D eigenvalue weighted by Crippen LogP contribution is 2.34. The zero-order chi connectivity index (χ0) is 14.2. The summed E-state index contributed by atoms with van der Waals surface area (Å²) in [6.07, 6.45) is 1.80. The first-order valence-electron chi connectivity index (χ1n) is 6.34. The van der Waals surface area contributed by atoms with Crippen LogP contribution in [0.3, 0.4) is 0 Å². The fraction of sp³-hybridized carbons (Fsp3) is 0.400. The van der Waals surface area contributed by atoms with Crippen molar-refractivity contribution in [2.45, 2.75) is 32.4 Å². The van der Waals surface area contributed by atoms with E-state index in [9.17, 15) is 4.79 Å². The van der Waals surface area contributed by atoms with Crippen molar-refractivity contribution in [3.8, 4) is 0 Å². The Kier molecular flexibility index (Phi) is 3.59. The summed E-state index contributed by atoms with van der Waals surface area (Å²) in [6, 6.07) is 7.33. The predicted molar refractivity (Wildman–Crippen MR) is 79.8 cm³/mol. The summed E-state index contributed by atoms with van der Waals surface area (Å²) in [4.78, 5) is 16.2. The third-order valence-corrected chi connectivity index (χ3v) is 3.65. The van der Waals surface area contributed by atoms with Crippen molar-refractivity contribution >= 4 is 23.3 Å². The van der Waals surface area contributed by atoms with Gasteiger partial charge in [0.1, 0.15) is 0 Å². The first-order valence-corrected chi connectivity index (χ1v) is 6.72. The van der Waals surface area contributed by atoms with E-state index in [1.54, 1.807) is 17.0 Å². The molecule has 0 N–H and O–H groups in total. The smallest absolute Gasteiger partial charge is 0.317 e. The number of carbonyl (C=O) groups excluding carboxylic acids is 1. The molecule has 0 spiro atoms. The molecule has 1 aliphatic heterocycles. The summed E-state index contributed by atoms with van der Waals surface area (Å²) in [5, 5.41) is 0.582. The number of hydrogen-bond donors (Lipinski definition) is 0. The van der Waals surface area contributed by atoms with Gasteiger partial charge in [-0.05, 0) is 32.9 Å². The van der Waals surface area contributed by atoms with E-state index >= 15 is 0 Å². The number of rotatable bonds is 2. The highest BCUT2D eigenvalue weighted by molar-refractivity contribution is 6.33. The normalized spacial score (nSPS) is 20.0. The minimum Gasteiger partial charge on any atom is -0.317 e. The van der Waals surface area contributed by atoms with Gasteiger partial charge in [-0.25, -0.2) is 4.79 Å². The maximum absolute atomic E-state index is 12.6. The fourth-order valence-electron chi connectivity index (χ4n) is 2.29. The maximum Gasteiger partial charge on any atom is 0.325 e. The summed E-state index contributed by atoms with van der Waals surface area (Å²) in [6.45, 7) is 10.6. The zero-order valence-corrected chi connectivity index (χ0v) is 12.3. The second kappa shape index (κ2) is 4.89. The summed E-state index contributed by atoms with van der Waals surface area (Å²) >= 11 is 6.21. The monoisotopic (exact) mass is 278 g/mol. The molecule has 102 valence electrons. The largest absolute Gasteiger partial charge is 0.325 e. The number of hydrogen-bond acceptors (Lipinski definition) is 1. The third-order valence-electron chi connectivity index (χ3n) is 3.33. The van der Waals surface area contributed by atoms with Gasteiger partial charge in [-0.15, -0.1) is 6.58 Å². The zero-order valence-electron chi connectivity index (χ0n) is 11.6. The number of nitrogens with zero attached hydrogens (tertiary/aromatic N) is 2. The molecular formula is C15H19ClN2O. The Morgan fingerprint density at radius 2 is 2.00 bits per heavy atom. The quantitative estimate of drug-likeness (QED) is 0.752. The lowest BCUT2D eigenvalue weighted by Gasteiger charge is -2.31. The van der Waals surface area contributed by atoms with Gasteiger partial charge in [0.15, 0.2) is 0 Å². The van der Waals surface area contributed by atoms with Crippen molar-refractivity contribution in [2.75, 3.05) is 11.4 Å². The minimum absolute atomic E-state index is 0.0227. The van der Waals surface area contributed by atoms with E-state index in [-0.39, 0.29) is 17.6 Å². The van der Waals surface area contributed by atoms with Crippen LogP contribution < -0.4 is 4.90 Å². The molecular weight excluding hydrogens is 260 g/mol. The first kappa shape index (κ1) is 13.9. The molecule has 0 bridgehead atoms. The molecule has 1 saturated heterocycles. The van der Waals surface area contributed by atoms with E-state index in [1.807, 2.05) is 43.9 Å². The highest BCUT2D eigenvalue weighted by Gasteiger charge is 2.42.